The lowest BCUT2D eigenvalue weighted by atomic mass is 9.97. The zero-order chi connectivity index (χ0) is 12.6. The van der Waals surface area contributed by atoms with Gasteiger partial charge in [0.15, 0.2) is 11.6 Å². The third-order valence-electron chi connectivity index (χ3n) is 1.75. The van der Waals surface area contributed by atoms with Gasteiger partial charge in [0, 0.05) is 5.41 Å². The van der Waals surface area contributed by atoms with E-state index in [9.17, 15) is 4.79 Å². The van der Waals surface area contributed by atoms with Crippen LogP contribution in [0.2, 0.25) is 0 Å². The van der Waals surface area contributed by atoms with Crippen molar-refractivity contribution < 1.29 is 13.9 Å². The van der Waals surface area contributed by atoms with Crippen LogP contribution in [0.5, 0.6) is 0 Å². The summed E-state index contributed by atoms with van der Waals surface area (Å²) in [5.41, 5.74) is -0.502. The summed E-state index contributed by atoms with van der Waals surface area (Å²) in [7, 11) is 0. The molecule has 0 aliphatic rings. The molecule has 0 aromatic carbocycles. The van der Waals surface area contributed by atoms with Crippen molar-refractivity contribution >= 4 is 5.97 Å². The van der Waals surface area contributed by atoms with Crippen LogP contribution in [0.3, 0.4) is 0 Å². The first-order valence-corrected chi connectivity index (χ1v) is 5.29. The molecule has 0 saturated carbocycles. The minimum atomic E-state index is -0.516. The van der Waals surface area contributed by atoms with Crippen LogP contribution in [0.25, 0.3) is 0 Å². The predicted molar refractivity (Wildman–Crippen MR) is 60.4 cm³/mol. The minimum Gasteiger partial charge on any atom is -0.455 e. The molecule has 1 heterocycles. The van der Waals surface area contributed by atoms with E-state index in [1.807, 2.05) is 41.5 Å². The Labute approximate surface area is 96.0 Å². The summed E-state index contributed by atoms with van der Waals surface area (Å²) in [6, 6.07) is 0. The van der Waals surface area contributed by atoms with Crippen LogP contribution in [0, 0.1) is 0 Å². The Balaban J connectivity index is 2.83. The third-order valence-corrected chi connectivity index (χ3v) is 1.75. The maximum Gasteiger partial charge on any atom is 0.360 e. The zero-order valence-electron chi connectivity index (χ0n) is 10.7. The smallest absolute Gasteiger partial charge is 0.360 e. The molecule has 0 bridgehead atoms. The second kappa shape index (κ2) is 3.92. The van der Waals surface area contributed by atoms with Crippen LogP contribution in [0.15, 0.2) is 10.7 Å². The number of rotatable bonds is 1. The van der Waals surface area contributed by atoms with Crippen LogP contribution in [0.1, 0.15) is 57.9 Å². The molecule has 4 heteroatoms. The summed E-state index contributed by atoms with van der Waals surface area (Å²) in [4.78, 5) is 15.8. The van der Waals surface area contributed by atoms with Crippen LogP contribution >= 0.6 is 0 Å². The van der Waals surface area contributed by atoms with E-state index in [1.54, 1.807) is 0 Å². The number of carbonyl (C=O) groups is 1. The molecule has 16 heavy (non-hydrogen) atoms. The van der Waals surface area contributed by atoms with Gasteiger partial charge in [-0.1, -0.05) is 20.8 Å². The van der Waals surface area contributed by atoms with Crippen molar-refractivity contribution in [3.63, 3.8) is 0 Å². The van der Waals surface area contributed by atoms with E-state index < -0.39 is 11.6 Å². The van der Waals surface area contributed by atoms with Crippen LogP contribution in [0.4, 0.5) is 0 Å². The fourth-order valence-corrected chi connectivity index (χ4v) is 1.04. The molecule has 1 aromatic heterocycles. The molecule has 0 atom stereocenters. The lowest BCUT2D eigenvalue weighted by Gasteiger charge is -2.18. The normalized spacial score (nSPS) is 12.6. The maximum atomic E-state index is 11.7. The third kappa shape index (κ3) is 3.36. The zero-order valence-corrected chi connectivity index (χ0v) is 10.7. The topological polar surface area (TPSA) is 52.3 Å². The highest BCUT2D eigenvalue weighted by Gasteiger charge is 2.25. The number of nitrogens with zero attached hydrogens (tertiary/aromatic N) is 1. The number of esters is 1. The predicted octanol–water partition coefficient (Wildman–Crippen LogP) is 2.93. The Hall–Kier alpha value is -1.32. The molecule has 1 aromatic rings. The van der Waals surface area contributed by atoms with Gasteiger partial charge in [0.1, 0.15) is 11.9 Å². The Morgan fingerprint density at radius 1 is 1.25 bits per heavy atom. The molecule has 4 nitrogen and oxygen atoms in total. The van der Waals surface area contributed by atoms with E-state index in [2.05, 4.69) is 4.98 Å². The van der Waals surface area contributed by atoms with Crippen LogP contribution in [-0.4, -0.2) is 16.6 Å². The highest BCUT2D eigenvalue weighted by molar-refractivity contribution is 5.87. The monoisotopic (exact) mass is 225 g/mol. The number of oxazole rings is 1. The highest BCUT2D eigenvalue weighted by atomic mass is 16.6. The second-order valence-corrected chi connectivity index (χ2v) is 5.79. The molecule has 0 radical (unpaired) electrons. The van der Waals surface area contributed by atoms with E-state index >= 15 is 0 Å². The van der Waals surface area contributed by atoms with Crippen LogP contribution < -0.4 is 0 Å². The molecular weight excluding hydrogens is 206 g/mol. The van der Waals surface area contributed by atoms with Crippen molar-refractivity contribution in [1.82, 2.24) is 4.98 Å². The largest absolute Gasteiger partial charge is 0.455 e. The van der Waals surface area contributed by atoms with E-state index in [-0.39, 0.29) is 11.1 Å². The Bertz CT molecular complexity index is 380. The van der Waals surface area contributed by atoms with Gasteiger partial charge in [0.2, 0.25) is 0 Å². The molecule has 0 aliphatic heterocycles. The van der Waals surface area contributed by atoms with Crippen molar-refractivity contribution in [3.8, 4) is 0 Å². The summed E-state index contributed by atoms with van der Waals surface area (Å²) < 4.78 is 10.4. The molecule has 1 rings (SSSR count). The first kappa shape index (κ1) is 12.7. The quantitative estimate of drug-likeness (QED) is 0.689. The molecule has 0 aliphatic carbocycles. The molecule has 0 unspecified atom stereocenters. The van der Waals surface area contributed by atoms with Crippen molar-refractivity contribution in [2.45, 2.75) is 52.6 Å². The average molecular weight is 225 g/mol. The second-order valence-electron chi connectivity index (χ2n) is 5.79. The van der Waals surface area contributed by atoms with Gasteiger partial charge in [0.25, 0.3) is 0 Å². The van der Waals surface area contributed by atoms with E-state index in [0.29, 0.717) is 5.89 Å². The van der Waals surface area contributed by atoms with E-state index in [4.69, 9.17) is 9.15 Å². The van der Waals surface area contributed by atoms with Crippen molar-refractivity contribution in [3.05, 3.63) is 17.8 Å². The Morgan fingerprint density at radius 2 is 1.81 bits per heavy atom. The van der Waals surface area contributed by atoms with Gasteiger partial charge in [-0.05, 0) is 20.8 Å². The summed E-state index contributed by atoms with van der Waals surface area (Å²) in [5.74, 6) is 0.0834. The molecule has 0 amide bonds. The van der Waals surface area contributed by atoms with Gasteiger partial charge in [-0.15, -0.1) is 0 Å². The standard InChI is InChI=1S/C12H19NO3/c1-11(2,3)10-13-8(7-15-10)9(14)16-12(4,5)6/h7H,1-6H3. The van der Waals surface area contributed by atoms with Crippen molar-refractivity contribution in [2.24, 2.45) is 0 Å². The number of hydrogen-bond acceptors (Lipinski definition) is 4. The van der Waals surface area contributed by atoms with Crippen molar-refractivity contribution in [2.75, 3.05) is 0 Å². The fourth-order valence-electron chi connectivity index (χ4n) is 1.04. The molecule has 90 valence electrons. The van der Waals surface area contributed by atoms with E-state index in [1.165, 1.54) is 6.26 Å². The molecule has 0 N–H and O–H groups in total. The molecule has 0 saturated heterocycles. The lowest BCUT2D eigenvalue weighted by Crippen LogP contribution is -2.24. The van der Waals surface area contributed by atoms with Gasteiger partial charge in [0.05, 0.1) is 0 Å². The Kier molecular flexibility index (Phi) is 3.13. The number of carbonyl (C=O) groups excluding carboxylic acids is 1. The maximum absolute atomic E-state index is 11.7. The van der Waals surface area contributed by atoms with Gasteiger partial charge >= 0.3 is 5.97 Å². The molecule has 0 spiro atoms. The summed E-state index contributed by atoms with van der Waals surface area (Å²) in [6.07, 6.45) is 1.34. The SMILES string of the molecule is CC(C)(C)OC(=O)c1coc(C(C)(C)C)n1. The summed E-state index contributed by atoms with van der Waals surface area (Å²) in [5, 5.41) is 0. The van der Waals surface area contributed by atoms with E-state index in [0.717, 1.165) is 0 Å². The minimum absolute atomic E-state index is 0.208. The number of aromatic nitrogens is 1. The number of ether oxygens (including phenoxy) is 1. The molecule has 0 fully saturated rings. The first-order valence-electron chi connectivity index (χ1n) is 5.29. The van der Waals surface area contributed by atoms with Crippen LogP contribution in [-0.2, 0) is 10.2 Å². The lowest BCUT2D eigenvalue weighted by molar-refractivity contribution is 0.00628. The van der Waals surface area contributed by atoms with Gasteiger partial charge < -0.3 is 9.15 Å². The fraction of sp³-hybridized carbons (Fsp3) is 0.667. The summed E-state index contributed by atoms with van der Waals surface area (Å²) in [6.45, 7) is 11.4. The highest BCUT2D eigenvalue weighted by Crippen LogP contribution is 2.22. The van der Waals surface area contributed by atoms with Gasteiger partial charge in [-0.25, -0.2) is 9.78 Å². The molecular formula is C12H19NO3. The van der Waals surface area contributed by atoms with Crippen molar-refractivity contribution in [1.29, 1.82) is 0 Å². The first-order chi connectivity index (χ1) is 7.09. The van der Waals surface area contributed by atoms with Gasteiger partial charge in [-0.3, -0.25) is 0 Å². The number of hydrogen-bond donors (Lipinski definition) is 0. The average Bonchev–Trinajstić information content (AvgIpc) is 2.46. The Morgan fingerprint density at radius 3 is 2.19 bits per heavy atom. The summed E-state index contributed by atoms with van der Waals surface area (Å²) >= 11 is 0. The van der Waals surface area contributed by atoms with Gasteiger partial charge in [-0.2, -0.15) is 0 Å².